The average Bonchev–Trinajstić information content (AvgIpc) is 3.10. The number of carbonyl (C=O) groups is 1. The lowest BCUT2D eigenvalue weighted by Gasteiger charge is -2.14. The number of hydrogen-bond donors (Lipinski definition) is 1. The third-order valence-electron chi connectivity index (χ3n) is 3.56. The number of amides is 1. The van der Waals surface area contributed by atoms with E-state index in [0.717, 1.165) is 25.0 Å². The summed E-state index contributed by atoms with van der Waals surface area (Å²) >= 11 is 0. The lowest BCUT2D eigenvalue weighted by Crippen LogP contribution is -2.28. The Kier molecular flexibility index (Phi) is 4.14. The Morgan fingerprint density at radius 2 is 1.78 bits per heavy atom. The maximum absolute atomic E-state index is 13.6. The van der Waals surface area contributed by atoms with Gasteiger partial charge < -0.3 is 10.2 Å². The van der Waals surface area contributed by atoms with Gasteiger partial charge in [0, 0.05) is 13.1 Å². The van der Waals surface area contributed by atoms with Crippen LogP contribution in [0.15, 0.2) is 24.5 Å². The van der Waals surface area contributed by atoms with Gasteiger partial charge in [-0.3, -0.25) is 4.79 Å². The molecule has 0 radical (unpaired) electrons. The molecule has 1 N–H and O–H groups in total. The Bertz CT molecular complexity index is 730. The molecule has 1 amide bonds. The van der Waals surface area contributed by atoms with Gasteiger partial charge in [0.2, 0.25) is 0 Å². The summed E-state index contributed by atoms with van der Waals surface area (Å²) in [5.74, 6) is -4.27. The van der Waals surface area contributed by atoms with E-state index in [-0.39, 0.29) is 23.1 Å². The van der Waals surface area contributed by atoms with Crippen LogP contribution in [0.25, 0.3) is 0 Å². The van der Waals surface area contributed by atoms with E-state index in [1.165, 1.54) is 12.4 Å². The van der Waals surface area contributed by atoms with Crippen LogP contribution in [-0.4, -0.2) is 33.9 Å². The zero-order valence-electron chi connectivity index (χ0n) is 12.0. The van der Waals surface area contributed by atoms with E-state index in [2.05, 4.69) is 15.3 Å². The molecule has 3 rings (SSSR count). The second kappa shape index (κ2) is 6.23. The van der Waals surface area contributed by atoms with Crippen molar-refractivity contribution in [2.45, 2.75) is 12.8 Å². The van der Waals surface area contributed by atoms with E-state index in [4.69, 9.17) is 0 Å². The van der Waals surface area contributed by atoms with Gasteiger partial charge in [-0.05, 0) is 25.0 Å². The molecule has 120 valence electrons. The Hall–Kier alpha value is -2.64. The summed E-state index contributed by atoms with van der Waals surface area (Å²) in [5, 5.41) is 2.50. The van der Waals surface area contributed by atoms with Crippen LogP contribution in [0.2, 0.25) is 0 Å². The highest BCUT2D eigenvalue weighted by molar-refractivity contribution is 5.92. The molecule has 0 atom stereocenters. The van der Waals surface area contributed by atoms with Crippen molar-refractivity contribution in [3.8, 4) is 0 Å². The molecule has 0 spiro atoms. The number of rotatable bonds is 3. The summed E-state index contributed by atoms with van der Waals surface area (Å²) in [6.07, 6.45) is 4.44. The number of anilines is 2. The number of nitrogens with zero attached hydrogens (tertiary/aromatic N) is 3. The number of benzene rings is 1. The van der Waals surface area contributed by atoms with Crippen LogP contribution in [0, 0.1) is 17.5 Å². The zero-order chi connectivity index (χ0) is 16.4. The zero-order valence-corrected chi connectivity index (χ0v) is 12.0. The van der Waals surface area contributed by atoms with E-state index < -0.39 is 17.5 Å². The van der Waals surface area contributed by atoms with Gasteiger partial charge in [0.15, 0.2) is 17.5 Å². The summed E-state index contributed by atoms with van der Waals surface area (Å²) in [4.78, 5) is 21.7. The molecule has 1 fully saturated rings. The Labute approximate surface area is 130 Å². The topological polar surface area (TPSA) is 58.1 Å². The molecule has 0 aliphatic carbocycles. The van der Waals surface area contributed by atoms with Crippen molar-refractivity contribution in [1.29, 1.82) is 0 Å². The third-order valence-corrected chi connectivity index (χ3v) is 3.56. The molecule has 2 heterocycles. The first-order valence-electron chi connectivity index (χ1n) is 7.08. The molecule has 0 bridgehead atoms. The fourth-order valence-electron chi connectivity index (χ4n) is 2.35. The number of aromatic nitrogens is 2. The monoisotopic (exact) mass is 322 g/mol. The SMILES string of the molecule is O=C(c1cnc(Nc2ccc(F)c(F)c2F)cn1)N1CCCC1. The fraction of sp³-hybridized carbons (Fsp3) is 0.267. The Morgan fingerprint density at radius 1 is 1.04 bits per heavy atom. The lowest BCUT2D eigenvalue weighted by atomic mass is 10.3. The van der Waals surface area contributed by atoms with Crippen LogP contribution < -0.4 is 5.32 Å². The largest absolute Gasteiger partial charge is 0.337 e. The summed E-state index contributed by atoms with van der Waals surface area (Å²) in [6.45, 7) is 1.39. The maximum Gasteiger partial charge on any atom is 0.274 e. The Morgan fingerprint density at radius 3 is 2.43 bits per heavy atom. The first kappa shape index (κ1) is 15.3. The first-order valence-corrected chi connectivity index (χ1v) is 7.08. The molecule has 1 saturated heterocycles. The number of nitrogens with one attached hydrogen (secondary N) is 1. The highest BCUT2D eigenvalue weighted by atomic mass is 19.2. The average molecular weight is 322 g/mol. The number of likely N-dealkylation sites (tertiary alicyclic amines) is 1. The van der Waals surface area contributed by atoms with Gasteiger partial charge in [0.25, 0.3) is 5.91 Å². The minimum atomic E-state index is -1.57. The van der Waals surface area contributed by atoms with Gasteiger partial charge in [0.1, 0.15) is 11.5 Å². The Balaban J connectivity index is 1.75. The summed E-state index contributed by atoms with van der Waals surface area (Å²) < 4.78 is 39.6. The minimum absolute atomic E-state index is 0.118. The molecule has 2 aromatic rings. The van der Waals surface area contributed by atoms with Gasteiger partial charge in [-0.15, -0.1) is 0 Å². The highest BCUT2D eigenvalue weighted by Crippen LogP contribution is 2.22. The molecular formula is C15H13F3N4O. The lowest BCUT2D eigenvalue weighted by molar-refractivity contribution is 0.0786. The normalized spacial score (nSPS) is 14.1. The highest BCUT2D eigenvalue weighted by Gasteiger charge is 2.21. The second-order valence-electron chi connectivity index (χ2n) is 5.13. The van der Waals surface area contributed by atoms with Gasteiger partial charge in [-0.1, -0.05) is 0 Å². The second-order valence-corrected chi connectivity index (χ2v) is 5.13. The van der Waals surface area contributed by atoms with E-state index >= 15 is 0 Å². The summed E-state index contributed by atoms with van der Waals surface area (Å²) in [6, 6.07) is 1.86. The predicted molar refractivity (Wildman–Crippen MR) is 76.8 cm³/mol. The maximum atomic E-state index is 13.6. The minimum Gasteiger partial charge on any atom is -0.337 e. The van der Waals surface area contributed by atoms with Crippen molar-refractivity contribution in [2.24, 2.45) is 0 Å². The van der Waals surface area contributed by atoms with Crippen molar-refractivity contribution in [1.82, 2.24) is 14.9 Å². The van der Waals surface area contributed by atoms with E-state index in [9.17, 15) is 18.0 Å². The van der Waals surface area contributed by atoms with E-state index in [1.807, 2.05) is 0 Å². The molecule has 0 saturated carbocycles. The molecule has 23 heavy (non-hydrogen) atoms. The van der Waals surface area contributed by atoms with Crippen LogP contribution in [0.1, 0.15) is 23.3 Å². The van der Waals surface area contributed by atoms with Crippen molar-refractivity contribution in [3.05, 3.63) is 47.7 Å². The van der Waals surface area contributed by atoms with Crippen LogP contribution in [0.3, 0.4) is 0 Å². The molecular weight excluding hydrogens is 309 g/mol. The molecule has 1 aromatic heterocycles. The number of carbonyl (C=O) groups excluding carboxylic acids is 1. The van der Waals surface area contributed by atoms with Gasteiger partial charge in [-0.25, -0.2) is 23.1 Å². The first-order chi connectivity index (χ1) is 11.1. The van der Waals surface area contributed by atoms with E-state index in [1.54, 1.807) is 4.90 Å². The van der Waals surface area contributed by atoms with Gasteiger partial charge in [0.05, 0.1) is 18.1 Å². The van der Waals surface area contributed by atoms with Crippen molar-refractivity contribution < 1.29 is 18.0 Å². The standard InChI is InChI=1S/C15H13F3N4O/c16-9-3-4-10(14(18)13(9)17)21-12-8-19-11(7-20-12)15(23)22-5-1-2-6-22/h3-4,7-8H,1-2,5-6H2,(H,20,21). The third kappa shape index (κ3) is 3.10. The van der Waals surface area contributed by atoms with Crippen molar-refractivity contribution in [2.75, 3.05) is 18.4 Å². The predicted octanol–water partition coefficient (Wildman–Crippen LogP) is 2.87. The summed E-state index contributed by atoms with van der Waals surface area (Å²) in [5.41, 5.74) is -0.0833. The van der Waals surface area contributed by atoms with Crippen LogP contribution in [0.5, 0.6) is 0 Å². The van der Waals surface area contributed by atoms with Gasteiger partial charge >= 0.3 is 0 Å². The van der Waals surface area contributed by atoms with Crippen molar-refractivity contribution >= 4 is 17.4 Å². The van der Waals surface area contributed by atoms with Crippen molar-refractivity contribution in [3.63, 3.8) is 0 Å². The molecule has 8 heteroatoms. The molecule has 1 aliphatic heterocycles. The van der Waals surface area contributed by atoms with Crippen LogP contribution in [0.4, 0.5) is 24.7 Å². The molecule has 1 aliphatic rings. The van der Waals surface area contributed by atoms with Crippen LogP contribution >= 0.6 is 0 Å². The molecule has 0 unspecified atom stereocenters. The number of hydrogen-bond acceptors (Lipinski definition) is 4. The smallest absolute Gasteiger partial charge is 0.274 e. The van der Waals surface area contributed by atoms with Gasteiger partial charge in [-0.2, -0.15) is 0 Å². The quantitative estimate of drug-likeness (QED) is 0.883. The molecule has 5 nitrogen and oxygen atoms in total. The molecule has 1 aromatic carbocycles. The fourth-order valence-corrected chi connectivity index (χ4v) is 2.35. The summed E-state index contributed by atoms with van der Waals surface area (Å²) in [7, 11) is 0. The van der Waals surface area contributed by atoms with E-state index in [0.29, 0.717) is 13.1 Å². The van der Waals surface area contributed by atoms with Crippen LogP contribution in [-0.2, 0) is 0 Å². The number of halogens is 3.